The van der Waals surface area contributed by atoms with E-state index in [1.165, 1.54) is 0 Å². The van der Waals surface area contributed by atoms with Gasteiger partial charge in [-0.15, -0.1) is 0 Å². The Labute approximate surface area is 127 Å². The third kappa shape index (κ3) is 4.06. The van der Waals surface area contributed by atoms with Crippen molar-refractivity contribution in [2.24, 2.45) is 5.41 Å². The minimum absolute atomic E-state index is 0.231. The molecule has 0 bridgehead atoms. The van der Waals surface area contributed by atoms with Gasteiger partial charge < -0.3 is 30.1 Å². The topological polar surface area (TPSA) is 132 Å². The van der Waals surface area contributed by atoms with Gasteiger partial charge in [0.05, 0.1) is 6.61 Å². The van der Waals surface area contributed by atoms with Crippen LogP contribution in [0.4, 0.5) is 0 Å². The Morgan fingerprint density at radius 3 is 2.24 bits per heavy atom. The van der Waals surface area contributed by atoms with Gasteiger partial charge in [-0.3, -0.25) is 0 Å². The molecule has 5 atom stereocenters. The lowest BCUT2D eigenvalue weighted by atomic mass is 9.97. The first-order chi connectivity index (χ1) is 9.67. The van der Waals surface area contributed by atoms with Crippen LogP contribution in [0.1, 0.15) is 13.8 Å². The molecule has 0 saturated carbocycles. The zero-order valence-electron chi connectivity index (χ0n) is 11.8. The third-order valence-corrected chi connectivity index (χ3v) is 7.09. The van der Waals surface area contributed by atoms with E-state index in [4.69, 9.17) is 18.9 Å². The molecule has 2 fully saturated rings. The van der Waals surface area contributed by atoms with Crippen molar-refractivity contribution >= 4 is 18.5 Å². The Bertz CT molecular complexity index is 358. The highest BCUT2D eigenvalue weighted by Gasteiger charge is 2.51. The molecular formula is C11H21O8PS. The molecule has 21 heavy (non-hydrogen) atoms. The molecule has 0 spiro atoms. The second-order valence-electron chi connectivity index (χ2n) is 5.96. The fourth-order valence-corrected chi connectivity index (χ4v) is 5.84. The van der Waals surface area contributed by atoms with Crippen molar-refractivity contribution < 1.29 is 39.1 Å². The van der Waals surface area contributed by atoms with E-state index in [1.807, 2.05) is 13.8 Å². The maximum absolute atomic E-state index is 12.4. The lowest BCUT2D eigenvalue weighted by molar-refractivity contribution is -0.225. The summed E-state index contributed by atoms with van der Waals surface area (Å²) in [6, 6.07) is 0. The average molecular weight is 344 g/mol. The van der Waals surface area contributed by atoms with Crippen LogP contribution in [0.15, 0.2) is 0 Å². The monoisotopic (exact) mass is 344 g/mol. The van der Waals surface area contributed by atoms with Crippen molar-refractivity contribution in [1.29, 1.82) is 0 Å². The zero-order chi connectivity index (χ0) is 15.8. The van der Waals surface area contributed by atoms with Crippen molar-refractivity contribution in [2.75, 3.05) is 19.8 Å². The summed E-state index contributed by atoms with van der Waals surface area (Å²) in [7, 11) is -3.53. The van der Waals surface area contributed by atoms with Crippen LogP contribution in [0.3, 0.4) is 0 Å². The van der Waals surface area contributed by atoms with E-state index in [1.54, 1.807) is 0 Å². The molecule has 2 heterocycles. The molecule has 0 aromatic carbocycles. The van der Waals surface area contributed by atoms with E-state index in [2.05, 4.69) is 0 Å². The molecule has 0 amide bonds. The number of hydrogen-bond donors (Lipinski definition) is 4. The number of aliphatic hydroxyl groups excluding tert-OH is 4. The smallest absolute Gasteiger partial charge is 0.301 e. The second kappa shape index (κ2) is 6.52. The average Bonchev–Trinajstić information content (AvgIpc) is 2.43. The Balaban J connectivity index is 2.01. The standard InChI is InChI=1S/C11H21O8PS/c1-11(2)4-17-20(16,18-5-11)21-10-9(15)8(14)7(13)6(3-12)19-10/h6-10,12-15H,3-5H2,1-2H3/t6-,7-,8+,9-,10-/m1/s1. The summed E-state index contributed by atoms with van der Waals surface area (Å²) >= 11 is 0.634. The minimum atomic E-state index is -3.53. The third-order valence-electron chi connectivity index (χ3n) is 3.31. The molecule has 2 aliphatic heterocycles. The summed E-state index contributed by atoms with van der Waals surface area (Å²) < 4.78 is 15.8. The van der Waals surface area contributed by atoms with Crippen LogP contribution in [0.25, 0.3) is 0 Å². The molecule has 124 valence electrons. The summed E-state index contributed by atoms with van der Waals surface area (Å²) in [6.07, 6.45) is -5.48. The first-order valence-corrected chi connectivity index (χ1v) is 9.58. The summed E-state index contributed by atoms with van der Waals surface area (Å²) in [5, 5.41) is 38.4. The highest BCUT2D eigenvalue weighted by atomic mass is 32.7. The second-order valence-corrected chi connectivity index (χ2v) is 10.0. The Kier molecular flexibility index (Phi) is 5.53. The lowest BCUT2D eigenvalue weighted by Gasteiger charge is -2.42. The first-order valence-electron chi connectivity index (χ1n) is 6.55. The van der Waals surface area contributed by atoms with Crippen molar-refractivity contribution in [2.45, 2.75) is 43.7 Å². The quantitative estimate of drug-likeness (QED) is 0.458. The molecular weight excluding hydrogens is 323 g/mol. The highest BCUT2D eigenvalue weighted by Crippen LogP contribution is 2.69. The van der Waals surface area contributed by atoms with Crippen LogP contribution < -0.4 is 4.89 Å². The van der Waals surface area contributed by atoms with Crippen molar-refractivity contribution in [3.05, 3.63) is 0 Å². The largest absolute Gasteiger partial charge is 0.622 e. The van der Waals surface area contributed by atoms with E-state index < -0.39 is 43.6 Å². The normalized spacial score (nSPS) is 42.7. The van der Waals surface area contributed by atoms with Gasteiger partial charge in [-0.05, 0) is 0 Å². The van der Waals surface area contributed by atoms with Gasteiger partial charge in [0.25, 0.3) is 0 Å². The number of aliphatic hydroxyl groups is 4. The van der Waals surface area contributed by atoms with E-state index >= 15 is 0 Å². The molecule has 0 unspecified atom stereocenters. The lowest BCUT2D eigenvalue weighted by Crippen LogP contribution is -2.57. The molecule has 2 saturated heterocycles. The van der Waals surface area contributed by atoms with Crippen molar-refractivity contribution in [3.63, 3.8) is 0 Å². The van der Waals surface area contributed by atoms with Crippen LogP contribution >= 0.6 is 18.5 Å². The zero-order valence-corrected chi connectivity index (χ0v) is 13.5. The van der Waals surface area contributed by atoms with E-state index in [0.29, 0.717) is 11.4 Å². The Hall–Kier alpha value is 0.460. The fourth-order valence-electron chi connectivity index (χ4n) is 1.93. The molecule has 2 aliphatic rings. The molecule has 0 aliphatic carbocycles. The fraction of sp³-hybridized carbons (Fsp3) is 1.00. The molecule has 8 nitrogen and oxygen atoms in total. The number of ether oxygens (including phenoxy) is 1. The summed E-state index contributed by atoms with van der Waals surface area (Å²) in [4.78, 5) is 12.4. The van der Waals surface area contributed by atoms with E-state index in [0.717, 1.165) is 0 Å². The van der Waals surface area contributed by atoms with Crippen LogP contribution in [-0.2, 0) is 13.8 Å². The molecule has 0 aromatic rings. The van der Waals surface area contributed by atoms with Crippen LogP contribution in [-0.4, -0.2) is 70.1 Å². The SMILES string of the molecule is CC1(C)CO[P+]([O-])(S[C@H]2O[C@H](CO)[C@@H](O)[C@H](O)[C@H]2O)OC1. The molecule has 0 aromatic heterocycles. The van der Waals surface area contributed by atoms with E-state index in [-0.39, 0.29) is 18.6 Å². The van der Waals surface area contributed by atoms with Gasteiger partial charge in [-0.25, -0.2) is 0 Å². The number of rotatable bonds is 3. The predicted molar refractivity (Wildman–Crippen MR) is 74.0 cm³/mol. The summed E-state index contributed by atoms with van der Waals surface area (Å²) in [5.41, 5.74) is -1.39. The van der Waals surface area contributed by atoms with Gasteiger partial charge in [-0.1, -0.05) is 13.8 Å². The first kappa shape index (κ1) is 17.8. The molecule has 2 rings (SSSR count). The van der Waals surface area contributed by atoms with Gasteiger partial charge >= 0.3 is 7.15 Å². The Morgan fingerprint density at radius 1 is 1.14 bits per heavy atom. The van der Waals surface area contributed by atoms with Crippen LogP contribution in [0.5, 0.6) is 0 Å². The van der Waals surface area contributed by atoms with Crippen molar-refractivity contribution in [3.8, 4) is 0 Å². The van der Waals surface area contributed by atoms with Gasteiger partial charge in [0, 0.05) is 5.41 Å². The van der Waals surface area contributed by atoms with Gasteiger partial charge in [-0.2, -0.15) is 9.05 Å². The predicted octanol–water partition coefficient (Wildman–Crippen LogP) is -1.37. The van der Waals surface area contributed by atoms with E-state index in [9.17, 15) is 20.2 Å². The van der Waals surface area contributed by atoms with Crippen LogP contribution in [0.2, 0.25) is 0 Å². The molecule has 4 N–H and O–H groups in total. The summed E-state index contributed by atoms with van der Waals surface area (Å²) in [5.74, 6) is 0. The summed E-state index contributed by atoms with van der Waals surface area (Å²) in [6.45, 7) is 3.72. The minimum Gasteiger partial charge on any atom is -0.622 e. The Morgan fingerprint density at radius 2 is 1.71 bits per heavy atom. The van der Waals surface area contributed by atoms with Gasteiger partial charge in [0.15, 0.2) is 5.44 Å². The highest BCUT2D eigenvalue weighted by molar-refractivity contribution is 8.57. The molecule has 0 radical (unpaired) electrons. The van der Waals surface area contributed by atoms with Crippen LogP contribution in [0, 0.1) is 5.41 Å². The maximum Gasteiger partial charge on any atom is 0.301 e. The van der Waals surface area contributed by atoms with Crippen molar-refractivity contribution in [1.82, 2.24) is 0 Å². The maximum atomic E-state index is 12.4. The molecule has 10 heteroatoms. The van der Waals surface area contributed by atoms with Gasteiger partial charge in [0.1, 0.15) is 49.0 Å². The number of hydrogen-bond acceptors (Lipinski definition) is 9. The van der Waals surface area contributed by atoms with Gasteiger partial charge in [0.2, 0.25) is 0 Å².